The highest BCUT2D eigenvalue weighted by molar-refractivity contribution is 7.90. The second-order valence-electron chi connectivity index (χ2n) is 5.72. The molecule has 0 saturated heterocycles. The van der Waals surface area contributed by atoms with Gasteiger partial charge in [0.15, 0.2) is 0 Å². The standard InChI is InChI=1S/C16H13ClF2N2O3S/c17-13-8-12(9-20-14(13)18)16(19,11-6-7-11)25(23,24)21-15(22)10-4-2-1-3-5-10/h1-5,8-9,11H,6-7H2,(H,21,22). The van der Waals surface area contributed by atoms with E-state index in [1.54, 1.807) is 22.9 Å². The molecule has 9 heteroatoms. The summed E-state index contributed by atoms with van der Waals surface area (Å²) in [5.74, 6) is -2.85. The van der Waals surface area contributed by atoms with E-state index in [0.717, 1.165) is 12.3 Å². The summed E-state index contributed by atoms with van der Waals surface area (Å²) in [6, 6.07) is 8.44. The van der Waals surface area contributed by atoms with Crippen molar-refractivity contribution < 1.29 is 22.0 Å². The van der Waals surface area contributed by atoms with Gasteiger partial charge in [-0.05, 0) is 31.0 Å². The van der Waals surface area contributed by atoms with Gasteiger partial charge in [0.1, 0.15) is 0 Å². The number of hydrogen-bond acceptors (Lipinski definition) is 4. The Morgan fingerprint density at radius 1 is 1.28 bits per heavy atom. The number of carbonyl (C=O) groups excluding carboxylic acids is 1. The minimum Gasteiger partial charge on any atom is -0.268 e. The maximum absolute atomic E-state index is 15.7. The number of alkyl halides is 1. The van der Waals surface area contributed by atoms with Crippen molar-refractivity contribution >= 4 is 27.5 Å². The van der Waals surface area contributed by atoms with Crippen LogP contribution >= 0.6 is 11.6 Å². The maximum atomic E-state index is 15.7. The van der Waals surface area contributed by atoms with E-state index in [4.69, 9.17) is 11.6 Å². The van der Waals surface area contributed by atoms with Crippen molar-refractivity contribution in [1.29, 1.82) is 0 Å². The Hall–Kier alpha value is -2.06. The van der Waals surface area contributed by atoms with E-state index in [1.807, 2.05) is 0 Å². The van der Waals surface area contributed by atoms with Gasteiger partial charge in [-0.1, -0.05) is 29.8 Å². The summed E-state index contributed by atoms with van der Waals surface area (Å²) >= 11 is 5.61. The second-order valence-corrected chi connectivity index (χ2v) is 7.93. The summed E-state index contributed by atoms with van der Waals surface area (Å²) in [5, 5.41) is -3.42. The first-order chi connectivity index (χ1) is 11.8. The number of rotatable bonds is 5. The van der Waals surface area contributed by atoms with Gasteiger partial charge in [0.2, 0.25) is 5.95 Å². The molecule has 1 fully saturated rings. The van der Waals surface area contributed by atoms with Crippen molar-refractivity contribution in [2.75, 3.05) is 0 Å². The fourth-order valence-corrected chi connectivity index (χ4v) is 4.29. The zero-order chi connectivity index (χ0) is 18.2. The van der Waals surface area contributed by atoms with Gasteiger partial charge in [0, 0.05) is 23.2 Å². The van der Waals surface area contributed by atoms with Crippen LogP contribution in [0.1, 0.15) is 28.8 Å². The summed E-state index contributed by atoms with van der Waals surface area (Å²) < 4.78 is 55.9. The van der Waals surface area contributed by atoms with Crippen molar-refractivity contribution in [3.8, 4) is 0 Å². The van der Waals surface area contributed by atoms with Gasteiger partial charge >= 0.3 is 0 Å². The molecule has 1 N–H and O–H groups in total. The van der Waals surface area contributed by atoms with Crippen LogP contribution in [0.3, 0.4) is 0 Å². The van der Waals surface area contributed by atoms with Crippen LogP contribution in [0, 0.1) is 11.9 Å². The van der Waals surface area contributed by atoms with Gasteiger partial charge in [0.05, 0.1) is 5.02 Å². The van der Waals surface area contributed by atoms with E-state index in [-0.39, 0.29) is 5.56 Å². The minimum absolute atomic E-state index is 0.0690. The number of nitrogens with zero attached hydrogens (tertiary/aromatic N) is 1. The van der Waals surface area contributed by atoms with E-state index in [0.29, 0.717) is 12.8 Å². The average molecular weight is 387 g/mol. The average Bonchev–Trinajstić information content (AvgIpc) is 3.42. The molecule has 0 bridgehead atoms. The monoisotopic (exact) mass is 386 g/mol. The van der Waals surface area contributed by atoms with E-state index in [2.05, 4.69) is 4.98 Å². The molecule has 1 aromatic carbocycles. The summed E-state index contributed by atoms with van der Waals surface area (Å²) in [6.07, 6.45) is 1.41. The zero-order valence-electron chi connectivity index (χ0n) is 12.7. The lowest BCUT2D eigenvalue weighted by atomic mass is 10.1. The first-order valence-corrected chi connectivity index (χ1v) is 9.24. The maximum Gasteiger partial charge on any atom is 0.275 e. The molecule has 1 amide bonds. The fourth-order valence-electron chi connectivity index (χ4n) is 2.52. The fraction of sp³-hybridized carbons (Fsp3) is 0.250. The van der Waals surface area contributed by atoms with E-state index >= 15 is 4.39 Å². The van der Waals surface area contributed by atoms with Crippen LogP contribution in [0.4, 0.5) is 8.78 Å². The highest BCUT2D eigenvalue weighted by Gasteiger charge is 2.58. The quantitative estimate of drug-likeness (QED) is 0.801. The van der Waals surface area contributed by atoms with Crippen LogP contribution in [-0.2, 0) is 15.0 Å². The highest BCUT2D eigenvalue weighted by Crippen LogP contribution is 2.51. The Balaban J connectivity index is 1.99. The molecule has 0 radical (unpaired) electrons. The van der Waals surface area contributed by atoms with Gasteiger partial charge in [-0.15, -0.1) is 0 Å². The predicted octanol–water partition coefficient (Wildman–Crippen LogP) is 3.17. The molecular weight excluding hydrogens is 374 g/mol. The van der Waals surface area contributed by atoms with Crippen LogP contribution in [-0.4, -0.2) is 19.3 Å². The summed E-state index contributed by atoms with van der Waals surface area (Å²) in [7, 11) is -4.78. The Morgan fingerprint density at radius 2 is 1.92 bits per heavy atom. The molecule has 0 spiro atoms. The Labute approximate surface area is 148 Å². The van der Waals surface area contributed by atoms with Crippen molar-refractivity contribution in [3.63, 3.8) is 0 Å². The van der Waals surface area contributed by atoms with Crippen molar-refractivity contribution in [2.45, 2.75) is 17.8 Å². The molecule has 1 aliphatic rings. The molecule has 1 unspecified atom stereocenters. The highest BCUT2D eigenvalue weighted by atomic mass is 35.5. The number of carbonyl (C=O) groups is 1. The molecule has 3 rings (SSSR count). The smallest absolute Gasteiger partial charge is 0.268 e. The number of aromatic nitrogens is 1. The first kappa shape index (κ1) is 17.8. The predicted molar refractivity (Wildman–Crippen MR) is 87.5 cm³/mol. The second kappa shape index (κ2) is 6.34. The van der Waals surface area contributed by atoms with Gasteiger partial charge in [-0.25, -0.2) is 22.5 Å². The molecule has 2 aromatic rings. The Kier molecular flexibility index (Phi) is 4.51. The van der Waals surface area contributed by atoms with Gasteiger partial charge in [-0.3, -0.25) is 4.79 Å². The SMILES string of the molecule is O=C(NS(=O)(=O)C(F)(c1cnc(F)c(Cl)c1)C1CC1)c1ccccc1. The number of hydrogen-bond donors (Lipinski definition) is 1. The molecule has 5 nitrogen and oxygen atoms in total. The summed E-state index contributed by atoms with van der Waals surface area (Å²) in [4.78, 5) is 15.4. The lowest BCUT2D eigenvalue weighted by Crippen LogP contribution is -2.45. The number of sulfonamides is 1. The van der Waals surface area contributed by atoms with Crippen LogP contribution in [0.15, 0.2) is 42.6 Å². The first-order valence-electron chi connectivity index (χ1n) is 7.38. The van der Waals surface area contributed by atoms with Gasteiger partial charge in [0.25, 0.3) is 20.9 Å². The number of amides is 1. The van der Waals surface area contributed by atoms with E-state index in [1.165, 1.54) is 12.1 Å². The van der Waals surface area contributed by atoms with Crippen LogP contribution in [0.5, 0.6) is 0 Å². The third-order valence-corrected chi connectivity index (χ3v) is 6.02. The Bertz CT molecular complexity index is 920. The number of nitrogens with one attached hydrogen (secondary N) is 1. The van der Waals surface area contributed by atoms with E-state index < -0.39 is 43.4 Å². The lowest BCUT2D eigenvalue weighted by molar-refractivity contribution is 0.0976. The normalized spacial score (nSPS) is 16.9. The molecule has 25 heavy (non-hydrogen) atoms. The summed E-state index contributed by atoms with van der Waals surface area (Å²) in [6.45, 7) is 0. The van der Waals surface area contributed by atoms with Crippen LogP contribution in [0.2, 0.25) is 5.02 Å². The van der Waals surface area contributed by atoms with Crippen LogP contribution < -0.4 is 4.72 Å². The number of pyridine rings is 1. The molecular formula is C16H13ClF2N2O3S. The summed E-state index contributed by atoms with van der Waals surface area (Å²) in [5.41, 5.74) is -0.339. The van der Waals surface area contributed by atoms with Crippen molar-refractivity contribution in [2.24, 2.45) is 5.92 Å². The zero-order valence-corrected chi connectivity index (χ0v) is 14.3. The molecule has 1 aromatic heterocycles. The lowest BCUT2D eigenvalue weighted by Gasteiger charge is -2.25. The number of halogens is 3. The third kappa shape index (κ3) is 3.23. The number of benzene rings is 1. The minimum atomic E-state index is -4.78. The van der Waals surface area contributed by atoms with Gasteiger partial charge in [-0.2, -0.15) is 4.39 Å². The van der Waals surface area contributed by atoms with Crippen LogP contribution in [0.25, 0.3) is 0 Å². The molecule has 1 atom stereocenters. The van der Waals surface area contributed by atoms with E-state index in [9.17, 15) is 17.6 Å². The third-order valence-electron chi connectivity index (χ3n) is 3.95. The molecule has 1 aliphatic carbocycles. The van der Waals surface area contributed by atoms with Gasteiger partial charge < -0.3 is 0 Å². The van der Waals surface area contributed by atoms with Crippen molar-refractivity contribution in [3.05, 3.63) is 64.7 Å². The Morgan fingerprint density at radius 3 is 2.48 bits per heavy atom. The molecule has 1 saturated carbocycles. The largest absolute Gasteiger partial charge is 0.275 e. The molecule has 1 heterocycles. The van der Waals surface area contributed by atoms with Crippen molar-refractivity contribution in [1.82, 2.24) is 9.71 Å². The molecule has 132 valence electrons. The molecule has 0 aliphatic heterocycles. The topological polar surface area (TPSA) is 76.1 Å².